The molecule has 8 rings (SSSR count). The van der Waals surface area contributed by atoms with Crippen molar-refractivity contribution in [3.05, 3.63) is 150 Å². The Bertz CT molecular complexity index is 2160. The molecule has 0 radical (unpaired) electrons. The fourth-order valence-electron chi connectivity index (χ4n) is 6.28. The highest BCUT2D eigenvalue weighted by atomic mass is 32.1. The molecule has 190 valence electrons. The molecule has 0 unspecified atom stereocenters. The monoisotopic (exact) mass is 529 g/mol. The maximum atomic E-state index is 2.41. The van der Waals surface area contributed by atoms with Crippen LogP contribution in [-0.2, 0) is 6.42 Å². The number of aromatic nitrogens is 1. The van der Waals surface area contributed by atoms with Gasteiger partial charge in [0.15, 0.2) is 0 Å². The first kappa shape index (κ1) is 23.2. The maximum Gasteiger partial charge on any atom is 0.0541 e. The molecule has 2 heteroatoms. The normalized spacial score (nSPS) is 11.7. The molecule has 0 N–H and O–H groups in total. The summed E-state index contributed by atoms with van der Waals surface area (Å²) in [6.07, 6.45) is 0.898. The summed E-state index contributed by atoms with van der Waals surface area (Å²) in [5, 5.41) is 5.29. The fourth-order valence-corrected chi connectivity index (χ4v) is 7.37. The summed E-state index contributed by atoms with van der Waals surface area (Å²) in [6.45, 7) is 2.23. The van der Waals surface area contributed by atoms with Gasteiger partial charge in [-0.25, -0.2) is 0 Å². The van der Waals surface area contributed by atoms with Gasteiger partial charge in [0.05, 0.1) is 11.0 Å². The van der Waals surface area contributed by atoms with Gasteiger partial charge >= 0.3 is 0 Å². The Balaban J connectivity index is 1.26. The van der Waals surface area contributed by atoms with Gasteiger partial charge < -0.3 is 4.57 Å². The van der Waals surface area contributed by atoms with Crippen LogP contribution in [0.25, 0.3) is 58.8 Å². The lowest BCUT2D eigenvalue weighted by Gasteiger charge is -2.16. The predicted molar refractivity (Wildman–Crippen MR) is 173 cm³/mol. The lowest BCUT2D eigenvalue weighted by Crippen LogP contribution is -1.98. The van der Waals surface area contributed by atoms with Crippen LogP contribution < -0.4 is 0 Å². The number of aryl methyl sites for hydroxylation is 1. The summed E-state index contributed by atoms with van der Waals surface area (Å²) in [5.41, 5.74) is 10.2. The molecule has 40 heavy (non-hydrogen) atoms. The van der Waals surface area contributed by atoms with Gasteiger partial charge in [0.2, 0.25) is 0 Å². The van der Waals surface area contributed by atoms with Crippen LogP contribution in [0, 0.1) is 6.92 Å². The van der Waals surface area contributed by atoms with Crippen molar-refractivity contribution >= 4 is 53.3 Å². The van der Waals surface area contributed by atoms with Crippen molar-refractivity contribution in [1.29, 1.82) is 0 Å². The number of hydrogen-bond donors (Lipinski definition) is 0. The highest BCUT2D eigenvalue weighted by Crippen LogP contribution is 2.37. The molecule has 0 aliphatic heterocycles. The summed E-state index contributed by atoms with van der Waals surface area (Å²) < 4.78 is 5.12. The second kappa shape index (κ2) is 9.22. The third-order valence-electron chi connectivity index (χ3n) is 8.20. The second-order valence-corrected chi connectivity index (χ2v) is 11.7. The SMILES string of the molecule is Cc1ccc(-n2c3ccccc3c3ccccc32)cc1-c1ccccc1Cc1ccc2sc3ccccc3c2c1. The summed E-state index contributed by atoms with van der Waals surface area (Å²) in [4.78, 5) is 0. The Kier molecular flexibility index (Phi) is 5.36. The van der Waals surface area contributed by atoms with Crippen LogP contribution in [-0.4, -0.2) is 4.57 Å². The Morgan fingerprint density at radius 1 is 0.525 bits per heavy atom. The molecule has 2 heterocycles. The molecule has 0 saturated heterocycles. The summed E-state index contributed by atoms with van der Waals surface area (Å²) in [7, 11) is 0. The van der Waals surface area contributed by atoms with Gasteiger partial charge in [-0.15, -0.1) is 11.3 Å². The minimum absolute atomic E-state index is 0.898. The second-order valence-electron chi connectivity index (χ2n) is 10.6. The van der Waals surface area contributed by atoms with Crippen LogP contribution in [0.3, 0.4) is 0 Å². The summed E-state index contributed by atoms with van der Waals surface area (Å²) in [6, 6.07) is 49.0. The Morgan fingerprint density at radius 3 is 1.98 bits per heavy atom. The van der Waals surface area contributed by atoms with E-state index in [9.17, 15) is 0 Å². The molecule has 0 aliphatic carbocycles. The van der Waals surface area contributed by atoms with E-state index in [2.05, 4.69) is 145 Å². The van der Waals surface area contributed by atoms with Gasteiger partial charge in [0.25, 0.3) is 0 Å². The van der Waals surface area contributed by atoms with Crippen molar-refractivity contribution in [2.45, 2.75) is 13.3 Å². The lowest BCUT2D eigenvalue weighted by atomic mass is 9.92. The zero-order chi connectivity index (χ0) is 26.6. The van der Waals surface area contributed by atoms with Gasteiger partial charge in [-0.3, -0.25) is 0 Å². The van der Waals surface area contributed by atoms with Crippen molar-refractivity contribution in [1.82, 2.24) is 4.57 Å². The molecule has 2 aromatic heterocycles. The number of nitrogens with zero attached hydrogens (tertiary/aromatic N) is 1. The molecule has 1 nitrogen and oxygen atoms in total. The van der Waals surface area contributed by atoms with Crippen LogP contribution in [0.1, 0.15) is 16.7 Å². The Hall–Kier alpha value is -4.66. The number of hydrogen-bond acceptors (Lipinski definition) is 1. The van der Waals surface area contributed by atoms with Gasteiger partial charge in [0.1, 0.15) is 0 Å². The predicted octanol–water partition coefficient (Wildman–Crippen LogP) is 10.7. The van der Waals surface area contributed by atoms with Crippen LogP contribution in [0.15, 0.2) is 133 Å². The molecule has 0 bridgehead atoms. The largest absolute Gasteiger partial charge is 0.309 e. The highest BCUT2D eigenvalue weighted by molar-refractivity contribution is 7.25. The Morgan fingerprint density at radius 2 is 1.18 bits per heavy atom. The number of rotatable bonds is 4. The van der Waals surface area contributed by atoms with E-state index in [4.69, 9.17) is 0 Å². The average Bonchev–Trinajstić information content (AvgIpc) is 3.54. The van der Waals surface area contributed by atoms with Crippen LogP contribution in [0.4, 0.5) is 0 Å². The van der Waals surface area contributed by atoms with E-state index >= 15 is 0 Å². The summed E-state index contributed by atoms with van der Waals surface area (Å²) >= 11 is 1.88. The molecular formula is C38H27NS. The standard InChI is InChI=1S/C38H27NS/c1-25-18-20-28(39-35-15-7-4-12-30(35)31-13-5-8-16-36(31)39)24-33(25)29-11-3-2-10-27(29)22-26-19-21-38-34(23-26)32-14-6-9-17-37(32)40-38/h2-21,23-24H,22H2,1H3. The molecule has 0 saturated carbocycles. The number of benzene rings is 6. The van der Waals surface area contributed by atoms with Gasteiger partial charge in [-0.1, -0.05) is 91.0 Å². The topological polar surface area (TPSA) is 4.93 Å². The van der Waals surface area contributed by atoms with Gasteiger partial charge in [-0.2, -0.15) is 0 Å². The van der Waals surface area contributed by atoms with Crippen LogP contribution in [0.2, 0.25) is 0 Å². The molecular weight excluding hydrogens is 502 g/mol. The van der Waals surface area contributed by atoms with E-state index in [-0.39, 0.29) is 0 Å². The molecule has 0 amide bonds. The molecule has 6 aromatic carbocycles. The number of fused-ring (bicyclic) bond motifs is 6. The smallest absolute Gasteiger partial charge is 0.0541 e. The van der Waals surface area contributed by atoms with Crippen molar-refractivity contribution in [2.24, 2.45) is 0 Å². The van der Waals surface area contributed by atoms with E-state index in [1.54, 1.807) is 0 Å². The Labute approximate surface area is 237 Å². The van der Waals surface area contributed by atoms with E-state index < -0.39 is 0 Å². The van der Waals surface area contributed by atoms with Gasteiger partial charge in [-0.05, 0) is 83.6 Å². The van der Waals surface area contributed by atoms with Crippen LogP contribution in [0.5, 0.6) is 0 Å². The molecule has 0 atom stereocenters. The number of para-hydroxylation sites is 2. The zero-order valence-corrected chi connectivity index (χ0v) is 23.1. The molecule has 8 aromatic rings. The number of thiophene rings is 1. The van der Waals surface area contributed by atoms with Crippen molar-refractivity contribution in [3.63, 3.8) is 0 Å². The lowest BCUT2D eigenvalue weighted by molar-refractivity contribution is 1.17. The first-order chi connectivity index (χ1) is 19.7. The van der Waals surface area contributed by atoms with Crippen molar-refractivity contribution in [3.8, 4) is 16.8 Å². The van der Waals surface area contributed by atoms with Gasteiger partial charge in [0, 0.05) is 36.6 Å². The quantitative estimate of drug-likeness (QED) is 0.214. The first-order valence-electron chi connectivity index (χ1n) is 13.8. The third-order valence-corrected chi connectivity index (χ3v) is 9.35. The zero-order valence-electron chi connectivity index (χ0n) is 22.3. The third kappa shape index (κ3) is 3.68. The minimum atomic E-state index is 0.898. The molecule has 0 fully saturated rings. The van der Waals surface area contributed by atoms with E-state index in [1.807, 2.05) is 11.3 Å². The average molecular weight is 530 g/mol. The van der Waals surface area contributed by atoms with E-state index in [0.29, 0.717) is 0 Å². The maximum absolute atomic E-state index is 2.41. The first-order valence-corrected chi connectivity index (χ1v) is 14.6. The van der Waals surface area contributed by atoms with E-state index in [0.717, 1.165) is 6.42 Å². The fraction of sp³-hybridized carbons (Fsp3) is 0.0526. The van der Waals surface area contributed by atoms with Crippen molar-refractivity contribution < 1.29 is 0 Å². The summed E-state index contributed by atoms with van der Waals surface area (Å²) in [5.74, 6) is 0. The highest BCUT2D eigenvalue weighted by Gasteiger charge is 2.15. The molecule has 0 aliphatic rings. The van der Waals surface area contributed by atoms with E-state index in [1.165, 1.54) is 75.5 Å². The minimum Gasteiger partial charge on any atom is -0.309 e. The van der Waals surface area contributed by atoms with Crippen LogP contribution >= 0.6 is 11.3 Å². The van der Waals surface area contributed by atoms with Crippen molar-refractivity contribution in [2.75, 3.05) is 0 Å². The molecule has 0 spiro atoms.